The molecular formula is C24H17F3N4O. The number of nitrogen functional groups attached to an aromatic ring is 1. The second-order valence-corrected chi connectivity index (χ2v) is 6.94. The normalized spacial score (nSPS) is 11.2. The summed E-state index contributed by atoms with van der Waals surface area (Å²) in [5.41, 5.74) is 7.06. The number of pyridine rings is 2. The van der Waals surface area contributed by atoms with E-state index in [4.69, 9.17) is 5.73 Å². The molecule has 0 spiro atoms. The lowest BCUT2D eigenvalue weighted by Gasteiger charge is -2.18. The second-order valence-electron chi connectivity index (χ2n) is 6.94. The summed E-state index contributed by atoms with van der Waals surface area (Å²) in [5, 5.41) is 2.61. The van der Waals surface area contributed by atoms with Crippen LogP contribution in [0.4, 0.5) is 24.5 Å². The van der Waals surface area contributed by atoms with Crippen LogP contribution < -0.4 is 11.1 Å². The number of rotatable bonds is 4. The molecule has 0 atom stereocenters. The number of carbonyl (C=O) groups excluding carboxylic acids is 1. The van der Waals surface area contributed by atoms with E-state index < -0.39 is 17.6 Å². The summed E-state index contributed by atoms with van der Waals surface area (Å²) < 4.78 is 41.1. The highest BCUT2D eigenvalue weighted by Gasteiger charge is 2.35. The molecule has 0 aliphatic heterocycles. The number of anilines is 2. The smallest absolute Gasteiger partial charge is 0.397 e. The molecule has 3 N–H and O–H groups in total. The molecule has 4 rings (SSSR count). The molecule has 0 radical (unpaired) electrons. The minimum absolute atomic E-state index is 0.0283. The van der Waals surface area contributed by atoms with Crippen molar-refractivity contribution >= 4 is 17.3 Å². The highest BCUT2D eigenvalue weighted by atomic mass is 19.4. The van der Waals surface area contributed by atoms with Crippen LogP contribution >= 0.6 is 0 Å². The zero-order valence-electron chi connectivity index (χ0n) is 16.6. The summed E-state index contributed by atoms with van der Waals surface area (Å²) >= 11 is 0. The van der Waals surface area contributed by atoms with Crippen molar-refractivity contribution < 1.29 is 18.0 Å². The van der Waals surface area contributed by atoms with Gasteiger partial charge in [0.25, 0.3) is 5.91 Å². The molecule has 2 heterocycles. The average molecular weight is 434 g/mol. The Hall–Kier alpha value is -4.20. The molecule has 5 nitrogen and oxygen atoms in total. The topological polar surface area (TPSA) is 80.9 Å². The van der Waals surface area contributed by atoms with Gasteiger partial charge in [-0.3, -0.25) is 14.8 Å². The summed E-state index contributed by atoms with van der Waals surface area (Å²) in [6.07, 6.45) is -0.235. The van der Waals surface area contributed by atoms with Crippen molar-refractivity contribution in [1.82, 2.24) is 9.97 Å². The lowest BCUT2D eigenvalue weighted by Crippen LogP contribution is -2.15. The van der Waals surface area contributed by atoms with Gasteiger partial charge in [-0.05, 0) is 42.5 Å². The number of aromatic nitrogens is 2. The molecule has 0 saturated carbocycles. The largest absolute Gasteiger partial charge is 0.417 e. The van der Waals surface area contributed by atoms with E-state index in [-0.39, 0.29) is 22.4 Å². The molecule has 0 unspecified atom stereocenters. The maximum atomic E-state index is 13.7. The maximum Gasteiger partial charge on any atom is 0.417 e. The quantitative estimate of drug-likeness (QED) is 0.434. The van der Waals surface area contributed by atoms with E-state index in [1.54, 1.807) is 42.6 Å². The second kappa shape index (κ2) is 8.50. The van der Waals surface area contributed by atoms with Crippen LogP contribution in [0, 0.1) is 0 Å². The number of alkyl halides is 3. The minimum atomic E-state index is -4.61. The Kier molecular flexibility index (Phi) is 5.59. The molecule has 1 amide bonds. The number of hydrogen-bond donors (Lipinski definition) is 2. The van der Waals surface area contributed by atoms with E-state index in [1.165, 1.54) is 36.7 Å². The van der Waals surface area contributed by atoms with Gasteiger partial charge in [0, 0.05) is 46.5 Å². The Morgan fingerprint density at radius 3 is 2.38 bits per heavy atom. The molecule has 0 fully saturated rings. The van der Waals surface area contributed by atoms with Crippen molar-refractivity contribution in [3.63, 3.8) is 0 Å². The van der Waals surface area contributed by atoms with Gasteiger partial charge in [0.05, 0.1) is 16.9 Å². The highest BCUT2D eigenvalue weighted by molar-refractivity contribution is 6.07. The number of nitrogens with zero attached hydrogens (tertiary/aromatic N) is 2. The van der Waals surface area contributed by atoms with Gasteiger partial charge in [-0.2, -0.15) is 13.2 Å². The number of amides is 1. The van der Waals surface area contributed by atoms with Gasteiger partial charge in [-0.15, -0.1) is 0 Å². The zero-order chi connectivity index (χ0) is 22.7. The Morgan fingerprint density at radius 2 is 1.66 bits per heavy atom. The fraction of sp³-hybridized carbons (Fsp3) is 0.0417. The van der Waals surface area contributed by atoms with Crippen molar-refractivity contribution in [2.75, 3.05) is 11.1 Å². The van der Waals surface area contributed by atoms with Crippen LogP contribution in [0.25, 0.3) is 22.4 Å². The molecule has 160 valence electrons. The Labute approximate surface area is 181 Å². The van der Waals surface area contributed by atoms with E-state index in [0.29, 0.717) is 16.9 Å². The van der Waals surface area contributed by atoms with Gasteiger partial charge in [0.2, 0.25) is 0 Å². The van der Waals surface area contributed by atoms with E-state index in [0.717, 1.165) is 6.07 Å². The average Bonchev–Trinajstić information content (AvgIpc) is 2.79. The Bertz CT molecular complexity index is 1270. The molecule has 4 aromatic rings. The molecule has 8 heteroatoms. The number of hydrogen-bond acceptors (Lipinski definition) is 4. The highest BCUT2D eigenvalue weighted by Crippen LogP contribution is 2.41. The van der Waals surface area contributed by atoms with Crippen molar-refractivity contribution in [2.24, 2.45) is 0 Å². The lowest BCUT2D eigenvalue weighted by molar-refractivity contribution is -0.137. The molecule has 0 saturated heterocycles. The molecule has 0 aliphatic rings. The van der Waals surface area contributed by atoms with E-state index in [2.05, 4.69) is 15.3 Å². The third-order valence-corrected chi connectivity index (χ3v) is 4.81. The van der Waals surface area contributed by atoms with Crippen LogP contribution in [0.5, 0.6) is 0 Å². The number of benzene rings is 2. The minimum Gasteiger partial charge on any atom is -0.397 e. The number of nitrogens with one attached hydrogen (secondary N) is 1. The van der Waals surface area contributed by atoms with Crippen LogP contribution in [0.1, 0.15) is 15.9 Å². The summed E-state index contributed by atoms with van der Waals surface area (Å²) in [6.45, 7) is 0. The van der Waals surface area contributed by atoms with E-state index >= 15 is 0 Å². The maximum absolute atomic E-state index is 13.7. The number of halogens is 3. The van der Waals surface area contributed by atoms with Crippen molar-refractivity contribution in [1.29, 1.82) is 0 Å². The van der Waals surface area contributed by atoms with Crippen LogP contribution in [0.2, 0.25) is 0 Å². The first-order valence-electron chi connectivity index (χ1n) is 9.57. The molecule has 0 bridgehead atoms. The molecule has 32 heavy (non-hydrogen) atoms. The molecular weight excluding hydrogens is 417 g/mol. The first kappa shape index (κ1) is 21.0. The van der Waals surface area contributed by atoms with E-state index in [9.17, 15) is 18.0 Å². The van der Waals surface area contributed by atoms with Gasteiger partial charge < -0.3 is 11.1 Å². The fourth-order valence-electron chi connectivity index (χ4n) is 3.38. The van der Waals surface area contributed by atoms with E-state index in [1.807, 2.05) is 0 Å². The van der Waals surface area contributed by atoms with Crippen LogP contribution in [0.3, 0.4) is 0 Å². The molecule has 2 aromatic carbocycles. The Morgan fingerprint density at radius 1 is 0.906 bits per heavy atom. The van der Waals surface area contributed by atoms with Crippen LogP contribution in [0.15, 0.2) is 85.3 Å². The van der Waals surface area contributed by atoms with Crippen molar-refractivity contribution in [3.05, 3.63) is 96.4 Å². The first-order chi connectivity index (χ1) is 15.3. The van der Waals surface area contributed by atoms with Gasteiger partial charge >= 0.3 is 6.18 Å². The van der Waals surface area contributed by atoms with Crippen molar-refractivity contribution in [3.8, 4) is 22.4 Å². The Balaban J connectivity index is 1.74. The number of nitrogens with two attached hydrogens (primary N) is 1. The third kappa shape index (κ3) is 4.29. The predicted molar refractivity (Wildman–Crippen MR) is 117 cm³/mol. The lowest BCUT2D eigenvalue weighted by atomic mass is 9.98. The SMILES string of the molecule is Nc1cccnc1-c1cccc(C(=O)Nc2cccc(C(F)(F)F)c2-c2cccnc2)c1. The van der Waals surface area contributed by atoms with Gasteiger partial charge in [0.1, 0.15) is 0 Å². The van der Waals surface area contributed by atoms with Crippen LogP contribution in [-0.2, 0) is 6.18 Å². The van der Waals surface area contributed by atoms with Gasteiger partial charge in [0.15, 0.2) is 0 Å². The first-order valence-corrected chi connectivity index (χ1v) is 9.57. The van der Waals surface area contributed by atoms with Crippen LogP contribution in [-0.4, -0.2) is 15.9 Å². The standard InChI is InChI=1S/C24H17F3N4O/c25-24(26,27)18-8-2-10-20(21(18)17-7-3-11-29-14-17)31-23(32)16-6-1-5-15(13-16)22-19(28)9-4-12-30-22/h1-14H,28H2,(H,31,32). The third-order valence-electron chi connectivity index (χ3n) is 4.81. The summed E-state index contributed by atoms with van der Waals surface area (Å²) in [4.78, 5) is 21.1. The van der Waals surface area contributed by atoms with Gasteiger partial charge in [-0.1, -0.05) is 24.3 Å². The monoisotopic (exact) mass is 434 g/mol. The summed E-state index contributed by atoms with van der Waals surface area (Å²) in [7, 11) is 0. The summed E-state index contributed by atoms with van der Waals surface area (Å²) in [6, 6.07) is 16.7. The zero-order valence-corrected chi connectivity index (χ0v) is 16.6. The number of carbonyl (C=O) groups is 1. The fourth-order valence-corrected chi connectivity index (χ4v) is 3.38. The van der Waals surface area contributed by atoms with Crippen molar-refractivity contribution in [2.45, 2.75) is 6.18 Å². The molecule has 2 aromatic heterocycles. The predicted octanol–water partition coefficient (Wildman–Crippen LogP) is 5.66. The molecule has 0 aliphatic carbocycles. The summed E-state index contributed by atoms with van der Waals surface area (Å²) in [5.74, 6) is -0.564. The van der Waals surface area contributed by atoms with Gasteiger partial charge in [-0.25, -0.2) is 0 Å².